The molecule has 0 radical (unpaired) electrons. The van der Waals surface area contributed by atoms with E-state index in [2.05, 4.69) is 23.3 Å². The molecule has 3 aromatic rings. The van der Waals surface area contributed by atoms with Gasteiger partial charge in [0.1, 0.15) is 0 Å². The van der Waals surface area contributed by atoms with Gasteiger partial charge in [-0.15, -0.1) is 11.3 Å². The third-order valence-electron chi connectivity index (χ3n) is 3.19. The van der Waals surface area contributed by atoms with Crippen LogP contribution < -0.4 is 5.32 Å². The van der Waals surface area contributed by atoms with E-state index >= 15 is 0 Å². The van der Waals surface area contributed by atoms with E-state index in [0.29, 0.717) is 10.6 Å². The fourth-order valence-corrected chi connectivity index (χ4v) is 2.71. The molecular formula is C17H14N2OS. The van der Waals surface area contributed by atoms with Gasteiger partial charge in [0, 0.05) is 5.56 Å². The summed E-state index contributed by atoms with van der Waals surface area (Å²) in [7, 11) is 0. The number of anilines is 1. The minimum atomic E-state index is -0.101. The molecule has 3 nitrogen and oxygen atoms in total. The van der Waals surface area contributed by atoms with Crippen molar-refractivity contribution in [2.24, 2.45) is 0 Å². The van der Waals surface area contributed by atoms with Crippen molar-refractivity contribution in [1.82, 2.24) is 4.98 Å². The van der Waals surface area contributed by atoms with Crippen LogP contribution in [0, 0.1) is 6.92 Å². The van der Waals surface area contributed by atoms with Gasteiger partial charge in [0.15, 0.2) is 0 Å². The molecule has 0 aliphatic rings. The van der Waals surface area contributed by atoms with E-state index in [1.165, 1.54) is 16.9 Å². The van der Waals surface area contributed by atoms with Crippen molar-refractivity contribution >= 4 is 22.9 Å². The van der Waals surface area contributed by atoms with Crippen LogP contribution in [0.15, 0.2) is 60.1 Å². The summed E-state index contributed by atoms with van der Waals surface area (Å²) < 4.78 is 0. The van der Waals surface area contributed by atoms with Gasteiger partial charge in [0.25, 0.3) is 5.91 Å². The summed E-state index contributed by atoms with van der Waals surface area (Å²) in [6.07, 6.45) is 1.69. The summed E-state index contributed by atoms with van der Waals surface area (Å²) in [6.45, 7) is 2.06. The van der Waals surface area contributed by atoms with E-state index in [0.717, 1.165) is 11.3 Å². The molecule has 2 aromatic heterocycles. The molecule has 0 spiro atoms. The summed E-state index contributed by atoms with van der Waals surface area (Å²) in [5.41, 5.74) is 3.89. The summed E-state index contributed by atoms with van der Waals surface area (Å²) in [5.74, 6) is -0.101. The van der Waals surface area contributed by atoms with Crippen molar-refractivity contribution in [1.29, 1.82) is 0 Å². The quantitative estimate of drug-likeness (QED) is 0.779. The molecule has 1 N–H and O–H groups in total. The maximum absolute atomic E-state index is 12.0. The summed E-state index contributed by atoms with van der Waals surface area (Å²) in [5, 5.41) is 4.73. The van der Waals surface area contributed by atoms with Gasteiger partial charge >= 0.3 is 0 Å². The summed E-state index contributed by atoms with van der Waals surface area (Å²) >= 11 is 1.42. The Morgan fingerprint density at radius 3 is 2.62 bits per heavy atom. The van der Waals surface area contributed by atoms with Crippen LogP contribution >= 0.6 is 11.3 Å². The topological polar surface area (TPSA) is 42.0 Å². The number of nitrogens with zero attached hydrogens (tertiary/aromatic N) is 1. The second kappa shape index (κ2) is 5.89. The minimum absolute atomic E-state index is 0.101. The second-order valence-electron chi connectivity index (χ2n) is 4.68. The van der Waals surface area contributed by atoms with Crippen molar-refractivity contribution in [2.45, 2.75) is 6.92 Å². The number of rotatable bonds is 3. The number of carbonyl (C=O) groups is 1. The van der Waals surface area contributed by atoms with Gasteiger partial charge in [0.2, 0.25) is 0 Å². The van der Waals surface area contributed by atoms with E-state index in [1.54, 1.807) is 12.3 Å². The molecule has 0 unspecified atom stereocenters. The van der Waals surface area contributed by atoms with Crippen LogP contribution in [0.3, 0.4) is 0 Å². The van der Waals surface area contributed by atoms with E-state index in [1.807, 2.05) is 41.8 Å². The maximum Gasteiger partial charge on any atom is 0.265 e. The number of carbonyl (C=O) groups excluding carboxylic acids is 1. The summed E-state index contributed by atoms with van der Waals surface area (Å²) in [6, 6.07) is 15.6. The highest BCUT2D eigenvalue weighted by molar-refractivity contribution is 7.12. The lowest BCUT2D eigenvalue weighted by Gasteiger charge is -2.07. The minimum Gasteiger partial charge on any atom is -0.320 e. The Labute approximate surface area is 127 Å². The monoisotopic (exact) mass is 294 g/mol. The Hall–Kier alpha value is -2.46. The van der Waals surface area contributed by atoms with Crippen LogP contribution in [0.2, 0.25) is 0 Å². The van der Waals surface area contributed by atoms with Crippen LogP contribution in [-0.2, 0) is 0 Å². The highest BCUT2D eigenvalue weighted by atomic mass is 32.1. The molecule has 1 amide bonds. The second-order valence-corrected chi connectivity index (χ2v) is 5.63. The number of aryl methyl sites for hydroxylation is 1. The van der Waals surface area contributed by atoms with Crippen molar-refractivity contribution < 1.29 is 4.79 Å². The largest absolute Gasteiger partial charge is 0.320 e. The third-order valence-corrected chi connectivity index (χ3v) is 4.06. The average Bonchev–Trinajstić information content (AvgIpc) is 3.03. The highest BCUT2D eigenvalue weighted by Crippen LogP contribution is 2.22. The van der Waals surface area contributed by atoms with Crippen LogP contribution in [0.1, 0.15) is 15.2 Å². The van der Waals surface area contributed by atoms with E-state index in [9.17, 15) is 4.79 Å². The lowest BCUT2D eigenvalue weighted by atomic mass is 10.1. The smallest absolute Gasteiger partial charge is 0.265 e. The van der Waals surface area contributed by atoms with Crippen molar-refractivity contribution in [3.63, 3.8) is 0 Å². The van der Waals surface area contributed by atoms with E-state index in [-0.39, 0.29) is 5.91 Å². The van der Waals surface area contributed by atoms with Crippen LogP contribution in [0.5, 0.6) is 0 Å². The predicted molar refractivity (Wildman–Crippen MR) is 86.7 cm³/mol. The Morgan fingerprint density at radius 2 is 1.95 bits per heavy atom. The molecule has 4 heteroatoms. The molecule has 0 bridgehead atoms. The van der Waals surface area contributed by atoms with Gasteiger partial charge in [0.05, 0.1) is 22.5 Å². The van der Waals surface area contributed by atoms with Gasteiger partial charge in [-0.1, -0.05) is 30.3 Å². The molecule has 2 heterocycles. The lowest BCUT2D eigenvalue weighted by Crippen LogP contribution is -2.10. The number of hydrogen-bond donors (Lipinski definition) is 1. The highest BCUT2D eigenvalue weighted by Gasteiger charge is 2.07. The van der Waals surface area contributed by atoms with Gasteiger partial charge < -0.3 is 5.32 Å². The predicted octanol–water partition coefficient (Wildman–Crippen LogP) is 4.37. The van der Waals surface area contributed by atoms with Gasteiger partial charge in [-0.3, -0.25) is 9.78 Å². The molecule has 0 saturated heterocycles. The van der Waals surface area contributed by atoms with E-state index in [4.69, 9.17) is 0 Å². The van der Waals surface area contributed by atoms with Crippen LogP contribution in [0.25, 0.3) is 11.3 Å². The fraction of sp³-hybridized carbons (Fsp3) is 0.0588. The maximum atomic E-state index is 12.0. The zero-order valence-corrected chi connectivity index (χ0v) is 12.4. The van der Waals surface area contributed by atoms with Crippen LogP contribution in [-0.4, -0.2) is 10.9 Å². The molecule has 3 rings (SSSR count). The third kappa shape index (κ3) is 3.01. The average molecular weight is 294 g/mol. The number of hydrogen-bond acceptors (Lipinski definition) is 3. The normalized spacial score (nSPS) is 10.3. The fourth-order valence-electron chi connectivity index (χ4n) is 2.09. The Balaban J connectivity index is 1.79. The zero-order valence-electron chi connectivity index (χ0n) is 11.5. The number of amides is 1. The van der Waals surface area contributed by atoms with Gasteiger partial charge in [-0.05, 0) is 36.1 Å². The van der Waals surface area contributed by atoms with Gasteiger partial charge in [-0.2, -0.15) is 0 Å². The lowest BCUT2D eigenvalue weighted by molar-refractivity contribution is 0.103. The standard InChI is InChI=1S/C17H14N2OS/c1-12-5-2-3-6-14(12)15-9-8-13(11-18-15)19-17(20)16-7-4-10-21-16/h2-11H,1H3,(H,19,20). The zero-order chi connectivity index (χ0) is 14.7. The molecule has 104 valence electrons. The van der Waals surface area contributed by atoms with Crippen molar-refractivity contribution in [3.8, 4) is 11.3 Å². The summed E-state index contributed by atoms with van der Waals surface area (Å²) in [4.78, 5) is 17.1. The van der Waals surface area contributed by atoms with E-state index < -0.39 is 0 Å². The molecule has 0 aliphatic carbocycles. The molecule has 0 atom stereocenters. The molecule has 0 aliphatic heterocycles. The number of nitrogens with one attached hydrogen (secondary N) is 1. The number of aromatic nitrogens is 1. The Bertz CT molecular complexity index is 749. The van der Waals surface area contributed by atoms with Gasteiger partial charge in [-0.25, -0.2) is 0 Å². The number of benzene rings is 1. The van der Waals surface area contributed by atoms with Crippen molar-refractivity contribution in [2.75, 3.05) is 5.32 Å². The molecule has 0 fully saturated rings. The molecule has 21 heavy (non-hydrogen) atoms. The first-order valence-corrected chi connectivity index (χ1v) is 7.49. The molecule has 1 aromatic carbocycles. The molecule has 0 saturated carbocycles. The Morgan fingerprint density at radius 1 is 1.10 bits per heavy atom. The first-order chi connectivity index (χ1) is 10.2. The number of pyridine rings is 1. The first kappa shape index (κ1) is 13.5. The SMILES string of the molecule is Cc1ccccc1-c1ccc(NC(=O)c2cccs2)cn1. The first-order valence-electron chi connectivity index (χ1n) is 6.61. The van der Waals surface area contributed by atoms with Crippen molar-refractivity contribution in [3.05, 3.63) is 70.5 Å². The van der Waals surface area contributed by atoms with Crippen LogP contribution in [0.4, 0.5) is 5.69 Å². The molecular weight excluding hydrogens is 280 g/mol. The number of thiophene rings is 1. The Kier molecular flexibility index (Phi) is 3.79.